The van der Waals surface area contributed by atoms with Gasteiger partial charge in [0.15, 0.2) is 0 Å². The molecule has 1 saturated heterocycles. The molecule has 1 heterocycles. The molecule has 2 aromatic carbocycles. The Labute approximate surface area is 189 Å². The van der Waals surface area contributed by atoms with Crippen molar-refractivity contribution in [2.24, 2.45) is 0 Å². The van der Waals surface area contributed by atoms with E-state index in [2.05, 4.69) is 0 Å². The molecular weight excluding hydrogens is 440 g/mol. The van der Waals surface area contributed by atoms with Crippen molar-refractivity contribution in [1.82, 2.24) is 4.90 Å². The van der Waals surface area contributed by atoms with Crippen LogP contribution in [0.4, 0.5) is 11.4 Å². The fourth-order valence-electron chi connectivity index (χ4n) is 3.56. The molecule has 1 amide bonds. The highest BCUT2D eigenvalue weighted by atomic mass is 35.5. The summed E-state index contributed by atoms with van der Waals surface area (Å²) in [7, 11) is 4.62. The van der Waals surface area contributed by atoms with Gasteiger partial charge in [0.1, 0.15) is 22.3 Å². The van der Waals surface area contributed by atoms with Crippen molar-refractivity contribution in [3.8, 4) is 23.3 Å². The van der Waals surface area contributed by atoms with Crippen LogP contribution in [0.5, 0.6) is 17.2 Å². The molecule has 0 N–H and O–H groups in total. The van der Waals surface area contributed by atoms with Crippen molar-refractivity contribution in [3.63, 3.8) is 0 Å². The number of methoxy groups -OCH3 is 3. The van der Waals surface area contributed by atoms with Crippen molar-refractivity contribution in [1.29, 1.82) is 5.26 Å². The van der Waals surface area contributed by atoms with Crippen LogP contribution in [0.25, 0.3) is 0 Å². The second kappa shape index (κ2) is 9.72. The number of carbonyl (C=O) groups is 1. The lowest BCUT2D eigenvalue weighted by Crippen LogP contribution is -2.50. The highest BCUT2D eigenvalue weighted by Gasteiger charge is 2.31. The van der Waals surface area contributed by atoms with E-state index in [1.54, 1.807) is 19.2 Å². The van der Waals surface area contributed by atoms with Crippen molar-refractivity contribution >= 4 is 28.9 Å². The predicted octanol–water partition coefficient (Wildman–Crippen LogP) is 2.99. The number of nitriles is 1. The number of hydrogen-bond acceptors (Lipinski definition) is 8. The van der Waals surface area contributed by atoms with Gasteiger partial charge in [0.05, 0.1) is 55.7 Å². The third-order valence-electron chi connectivity index (χ3n) is 5.15. The van der Waals surface area contributed by atoms with Crippen molar-refractivity contribution < 1.29 is 23.9 Å². The average molecular weight is 461 g/mol. The summed E-state index contributed by atoms with van der Waals surface area (Å²) in [5, 5.41) is 20.3. The summed E-state index contributed by atoms with van der Waals surface area (Å²) >= 11 is 6.20. The number of rotatable bonds is 7. The van der Waals surface area contributed by atoms with Crippen molar-refractivity contribution in [2.45, 2.75) is 6.54 Å². The first-order valence-corrected chi connectivity index (χ1v) is 9.90. The fourth-order valence-corrected chi connectivity index (χ4v) is 3.84. The Balaban J connectivity index is 1.85. The Kier molecular flexibility index (Phi) is 7.02. The monoisotopic (exact) mass is 460 g/mol. The van der Waals surface area contributed by atoms with Crippen LogP contribution in [0, 0.1) is 21.4 Å². The minimum Gasteiger partial charge on any atom is -0.496 e. The van der Waals surface area contributed by atoms with E-state index in [1.165, 1.54) is 25.2 Å². The summed E-state index contributed by atoms with van der Waals surface area (Å²) in [6.07, 6.45) is 0. The number of nitro benzene ring substituents is 1. The second-order valence-corrected chi connectivity index (χ2v) is 7.34. The minimum absolute atomic E-state index is 0.0409. The van der Waals surface area contributed by atoms with E-state index in [0.717, 1.165) is 11.6 Å². The SMILES string of the molecule is COc1cc(OC)c(CN2CCN(c3cc(C#N)cc([N+](=O)[O-])c3Cl)C(=O)C2)c(OC)c1. The predicted molar refractivity (Wildman–Crippen MR) is 117 cm³/mol. The van der Waals surface area contributed by atoms with Crippen LogP contribution < -0.4 is 19.1 Å². The molecular formula is C21H21ClN4O6. The van der Waals surface area contributed by atoms with Crippen LogP contribution in [-0.2, 0) is 11.3 Å². The van der Waals surface area contributed by atoms with Crippen LogP contribution in [0.15, 0.2) is 24.3 Å². The van der Waals surface area contributed by atoms with Crippen LogP contribution >= 0.6 is 11.6 Å². The first-order chi connectivity index (χ1) is 15.3. The molecule has 0 aromatic heterocycles. The largest absolute Gasteiger partial charge is 0.496 e. The number of ether oxygens (including phenoxy) is 3. The lowest BCUT2D eigenvalue weighted by Gasteiger charge is -2.35. The Morgan fingerprint density at radius 1 is 1.12 bits per heavy atom. The molecule has 10 nitrogen and oxygen atoms in total. The third kappa shape index (κ3) is 4.54. The van der Waals surface area contributed by atoms with Gasteiger partial charge in [-0.2, -0.15) is 5.26 Å². The Morgan fingerprint density at radius 3 is 2.28 bits per heavy atom. The molecule has 1 aliphatic heterocycles. The van der Waals surface area contributed by atoms with Gasteiger partial charge in [-0.3, -0.25) is 19.8 Å². The number of nitrogens with zero attached hydrogens (tertiary/aromatic N) is 4. The first kappa shape index (κ1) is 23.1. The zero-order valence-corrected chi connectivity index (χ0v) is 18.5. The van der Waals surface area contributed by atoms with Gasteiger partial charge in [0, 0.05) is 37.8 Å². The molecule has 11 heteroatoms. The summed E-state index contributed by atoms with van der Waals surface area (Å²) in [5.41, 5.74) is 0.557. The highest BCUT2D eigenvalue weighted by molar-refractivity contribution is 6.36. The van der Waals surface area contributed by atoms with Gasteiger partial charge < -0.3 is 19.1 Å². The van der Waals surface area contributed by atoms with Gasteiger partial charge in [-0.25, -0.2) is 0 Å². The molecule has 32 heavy (non-hydrogen) atoms. The van der Waals surface area contributed by atoms with E-state index < -0.39 is 10.6 Å². The maximum atomic E-state index is 12.9. The van der Waals surface area contributed by atoms with E-state index in [-0.39, 0.29) is 35.3 Å². The van der Waals surface area contributed by atoms with Gasteiger partial charge in [-0.05, 0) is 6.07 Å². The molecule has 168 valence electrons. The number of anilines is 1. The standard InChI is InChI=1S/C21H21ClN4O6/c1-30-14-8-18(31-2)15(19(9-14)32-3)11-24-4-5-25(20(27)12-24)16-6-13(10-23)7-17(21(16)22)26(28)29/h6-9H,4-5,11-12H2,1-3H3. The summed E-state index contributed by atoms with van der Waals surface area (Å²) in [6, 6.07) is 7.83. The molecule has 2 aromatic rings. The number of nitro groups is 1. The molecule has 0 unspecified atom stereocenters. The van der Waals surface area contributed by atoms with E-state index in [4.69, 9.17) is 25.8 Å². The van der Waals surface area contributed by atoms with E-state index >= 15 is 0 Å². The number of piperazine rings is 1. The smallest absolute Gasteiger partial charge is 0.291 e. The maximum Gasteiger partial charge on any atom is 0.291 e. The minimum atomic E-state index is -0.671. The van der Waals surface area contributed by atoms with Crippen LogP contribution in [0.1, 0.15) is 11.1 Å². The molecule has 0 spiro atoms. The van der Waals surface area contributed by atoms with Gasteiger partial charge in [0.25, 0.3) is 5.69 Å². The molecule has 3 rings (SSSR count). The zero-order chi connectivity index (χ0) is 23.4. The number of carbonyl (C=O) groups excluding carboxylic acids is 1. The van der Waals surface area contributed by atoms with Crippen LogP contribution in [0.3, 0.4) is 0 Å². The molecule has 0 radical (unpaired) electrons. The normalized spacial score (nSPS) is 14.1. The van der Waals surface area contributed by atoms with Gasteiger partial charge in [0.2, 0.25) is 5.91 Å². The lowest BCUT2D eigenvalue weighted by atomic mass is 10.1. The van der Waals surface area contributed by atoms with Crippen molar-refractivity contribution in [3.05, 3.63) is 50.5 Å². The topological polar surface area (TPSA) is 118 Å². The molecule has 0 bridgehead atoms. The summed E-state index contributed by atoms with van der Waals surface area (Å²) < 4.78 is 16.2. The number of amides is 1. The van der Waals surface area contributed by atoms with E-state index in [0.29, 0.717) is 30.3 Å². The van der Waals surface area contributed by atoms with Crippen LogP contribution in [-0.4, -0.2) is 56.7 Å². The van der Waals surface area contributed by atoms with Gasteiger partial charge >= 0.3 is 0 Å². The van der Waals surface area contributed by atoms with Crippen LogP contribution in [0.2, 0.25) is 5.02 Å². The van der Waals surface area contributed by atoms with Gasteiger partial charge in [-0.1, -0.05) is 11.6 Å². The Hall–Kier alpha value is -3.55. The fraction of sp³-hybridized carbons (Fsp3) is 0.333. The second-order valence-electron chi connectivity index (χ2n) is 6.96. The summed E-state index contributed by atoms with van der Waals surface area (Å²) in [5.74, 6) is 1.42. The Morgan fingerprint density at radius 2 is 1.78 bits per heavy atom. The molecule has 0 aliphatic carbocycles. The maximum absolute atomic E-state index is 12.9. The summed E-state index contributed by atoms with van der Waals surface area (Å²) in [4.78, 5) is 26.8. The molecule has 0 atom stereocenters. The zero-order valence-electron chi connectivity index (χ0n) is 17.8. The highest BCUT2D eigenvalue weighted by Crippen LogP contribution is 2.38. The molecule has 0 saturated carbocycles. The lowest BCUT2D eigenvalue weighted by molar-refractivity contribution is -0.384. The van der Waals surface area contributed by atoms with Gasteiger partial charge in [-0.15, -0.1) is 0 Å². The number of benzene rings is 2. The van der Waals surface area contributed by atoms with E-state index in [1.807, 2.05) is 11.0 Å². The average Bonchev–Trinajstić information content (AvgIpc) is 2.79. The summed E-state index contributed by atoms with van der Waals surface area (Å²) in [6.45, 7) is 1.12. The number of halogens is 1. The third-order valence-corrected chi connectivity index (χ3v) is 5.54. The molecule has 1 fully saturated rings. The Bertz CT molecular complexity index is 1080. The number of hydrogen-bond donors (Lipinski definition) is 0. The quantitative estimate of drug-likeness (QED) is 0.457. The van der Waals surface area contributed by atoms with Crippen molar-refractivity contribution in [2.75, 3.05) is 45.9 Å². The molecule has 1 aliphatic rings. The first-order valence-electron chi connectivity index (χ1n) is 9.52. The van der Waals surface area contributed by atoms with E-state index in [9.17, 15) is 20.2 Å².